The molecule has 0 heterocycles. The van der Waals surface area contributed by atoms with Crippen molar-refractivity contribution in [3.8, 4) is 0 Å². The van der Waals surface area contributed by atoms with E-state index >= 15 is 0 Å². The summed E-state index contributed by atoms with van der Waals surface area (Å²) < 4.78 is 0. The molecule has 7 heteroatoms. The Morgan fingerprint density at radius 2 is 2.00 bits per heavy atom. The molecule has 0 aliphatic heterocycles. The minimum Gasteiger partial charge on any atom is -0.351 e. The molecule has 0 saturated heterocycles. The number of rotatable bonds is 3. The number of hydrogen-bond acceptors (Lipinski definition) is 4. The smallest absolute Gasteiger partial charge is 0.318 e. The van der Waals surface area contributed by atoms with Crippen LogP contribution in [0.5, 0.6) is 0 Å². The molecule has 7 nitrogen and oxygen atoms in total. The minimum absolute atomic E-state index is 0.167. The van der Waals surface area contributed by atoms with Crippen LogP contribution in [0.2, 0.25) is 0 Å². The van der Waals surface area contributed by atoms with Crippen molar-refractivity contribution in [2.24, 2.45) is 5.73 Å². The Bertz CT molecular complexity index is 472. The highest BCUT2D eigenvalue weighted by atomic mass is 16.6. The van der Waals surface area contributed by atoms with Gasteiger partial charge in [0.25, 0.3) is 5.69 Å². The maximum Gasteiger partial charge on any atom is 0.318 e. The van der Waals surface area contributed by atoms with E-state index in [1.807, 2.05) is 5.32 Å². The summed E-state index contributed by atoms with van der Waals surface area (Å²) >= 11 is 0. The second kappa shape index (κ2) is 5.06. The van der Waals surface area contributed by atoms with Crippen molar-refractivity contribution in [2.45, 2.75) is 12.8 Å². The molecule has 0 radical (unpaired) electrons. The lowest BCUT2D eigenvalue weighted by Gasteiger charge is -2.10. The summed E-state index contributed by atoms with van der Waals surface area (Å²) in [5.41, 5.74) is 4.87. The average molecular weight is 237 g/mol. The van der Waals surface area contributed by atoms with Crippen LogP contribution >= 0.6 is 0 Å². The van der Waals surface area contributed by atoms with Gasteiger partial charge < -0.3 is 5.73 Å². The number of benzene rings is 1. The summed E-state index contributed by atoms with van der Waals surface area (Å²) in [4.78, 5) is 32.2. The van der Waals surface area contributed by atoms with E-state index in [9.17, 15) is 19.7 Å². The van der Waals surface area contributed by atoms with Crippen molar-refractivity contribution < 1.29 is 14.5 Å². The van der Waals surface area contributed by atoms with Gasteiger partial charge >= 0.3 is 6.03 Å². The van der Waals surface area contributed by atoms with Gasteiger partial charge in [-0.15, -0.1) is 0 Å². The van der Waals surface area contributed by atoms with E-state index in [4.69, 9.17) is 5.73 Å². The summed E-state index contributed by atoms with van der Waals surface area (Å²) in [6.45, 7) is 1.46. The summed E-state index contributed by atoms with van der Waals surface area (Å²) in [6.07, 6.45) is 0. The molecule has 3 N–H and O–H groups in total. The Morgan fingerprint density at radius 1 is 1.41 bits per heavy atom. The highest BCUT2D eigenvalue weighted by Crippen LogP contribution is 2.25. The summed E-state index contributed by atoms with van der Waals surface area (Å²) in [7, 11) is 0. The zero-order valence-electron chi connectivity index (χ0n) is 9.04. The summed E-state index contributed by atoms with van der Waals surface area (Å²) in [5.74, 6) is -1.50. The van der Waals surface area contributed by atoms with Crippen LogP contribution in [0.3, 0.4) is 0 Å². The number of imide groups is 1. The molecule has 0 saturated carbocycles. The highest BCUT2D eigenvalue weighted by Gasteiger charge is 2.24. The first-order chi connectivity index (χ1) is 7.93. The number of urea groups is 1. The fourth-order valence-corrected chi connectivity index (χ4v) is 1.39. The first kappa shape index (κ1) is 12.6. The molecular weight excluding hydrogens is 226 g/mol. The van der Waals surface area contributed by atoms with E-state index in [1.54, 1.807) is 6.07 Å². The molecule has 0 aliphatic rings. The van der Waals surface area contributed by atoms with E-state index in [0.717, 1.165) is 0 Å². The van der Waals surface area contributed by atoms with Crippen molar-refractivity contribution in [3.63, 3.8) is 0 Å². The van der Waals surface area contributed by atoms with Gasteiger partial charge in [0, 0.05) is 11.6 Å². The number of nitrogens with zero attached hydrogens (tertiary/aromatic N) is 1. The number of hydrogen-bond donors (Lipinski definition) is 2. The molecule has 3 amide bonds. The molecule has 0 aliphatic carbocycles. The Balaban J connectivity index is 3.03. The van der Waals surface area contributed by atoms with Crippen molar-refractivity contribution in [1.29, 1.82) is 0 Å². The predicted octanol–water partition coefficient (Wildman–Crippen LogP) is 0.893. The largest absolute Gasteiger partial charge is 0.351 e. The van der Waals surface area contributed by atoms with Crippen molar-refractivity contribution in [1.82, 2.24) is 5.32 Å². The summed E-state index contributed by atoms with van der Waals surface area (Å²) in [6, 6.07) is 4.85. The third-order valence-electron chi connectivity index (χ3n) is 2.24. The number of amides is 3. The fraction of sp³-hybridized carbons (Fsp3) is 0.200. The number of primary amides is 1. The zero-order chi connectivity index (χ0) is 13.0. The monoisotopic (exact) mass is 237 g/mol. The van der Waals surface area contributed by atoms with Gasteiger partial charge in [-0.25, -0.2) is 4.79 Å². The maximum absolute atomic E-state index is 11.5. The van der Waals surface area contributed by atoms with Crippen LogP contribution in [0.1, 0.15) is 18.4 Å². The molecule has 17 heavy (non-hydrogen) atoms. The van der Waals surface area contributed by atoms with Crippen molar-refractivity contribution in [2.75, 3.05) is 0 Å². The number of nitro groups is 1. The second-order valence-electron chi connectivity index (χ2n) is 3.39. The third kappa shape index (κ3) is 3.00. The lowest BCUT2D eigenvalue weighted by Crippen LogP contribution is -2.37. The van der Waals surface area contributed by atoms with E-state index in [-0.39, 0.29) is 11.3 Å². The molecule has 0 aromatic heterocycles. The van der Waals surface area contributed by atoms with E-state index in [0.29, 0.717) is 0 Å². The molecule has 0 bridgehead atoms. The van der Waals surface area contributed by atoms with Gasteiger partial charge in [0.15, 0.2) is 0 Å². The van der Waals surface area contributed by atoms with Crippen LogP contribution in [0.4, 0.5) is 10.5 Å². The van der Waals surface area contributed by atoms with Crippen molar-refractivity contribution >= 4 is 17.6 Å². The van der Waals surface area contributed by atoms with Gasteiger partial charge in [-0.05, 0) is 6.92 Å². The Hall–Kier alpha value is -2.44. The molecule has 1 aromatic rings. The predicted molar refractivity (Wildman–Crippen MR) is 59.2 cm³/mol. The highest BCUT2D eigenvalue weighted by molar-refractivity contribution is 5.97. The third-order valence-corrected chi connectivity index (χ3v) is 2.24. The Kier molecular flexibility index (Phi) is 3.76. The molecule has 1 atom stereocenters. The number of nitro benzene ring substituents is 1. The fourth-order valence-electron chi connectivity index (χ4n) is 1.39. The van der Waals surface area contributed by atoms with Crippen LogP contribution in [0.15, 0.2) is 24.3 Å². The van der Waals surface area contributed by atoms with Crippen LogP contribution in [-0.4, -0.2) is 16.9 Å². The number of nitrogens with two attached hydrogens (primary N) is 1. The normalized spacial score (nSPS) is 11.6. The number of nitrogens with one attached hydrogen (secondary N) is 1. The van der Waals surface area contributed by atoms with Gasteiger partial charge in [-0.1, -0.05) is 18.2 Å². The first-order valence-corrected chi connectivity index (χ1v) is 4.77. The van der Waals surface area contributed by atoms with E-state index in [2.05, 4.69) is 0 Å². The standard InChI is InChI=1S/C10H11N3O4/c1-6(9(14)12-10(11)15)7-4-2-3-5-8(7)13(16)17/h2-6H,1H3,(H3,11,12,14,15). The minimum atomic E-state index is -0.986. The van der Waals surface area contributed by atoms with Gasteiger partial charge in [-0.3, -0.25) is 20.2 Å². The van der Waals surface area contributed by atoms with Crippen LogP contribution < -0.4 is 11.1 Å². The first-order valence-electron chi connectivity index (χ1n) is 4.77. The molecule has 1 unspecified atom stereocenters. The molecule has 0 fully saturated rings. The topological polar surface area (TPSA) is 115 Å². The van der Waals surface area contributed by atoms with Crippen LogP contribution in [0, 0.1) is 10.1 Å². The SMILES string of the molecule is CC(C(=O)NC(N)=O)c1ccccc1[N+](=O)[O-]. The van der Waals surface area contributed by atoms with E-state index < -0.39 is 22.8 Å². The molecule has 90 valence electrons. The second-order valence-corrected chi connectivity index (χ2v) is 3.39. The van der Waals surface area contributed by atoms with Crippen LogP contribution in [0.25, 0.3) is 0 Å². The quantitative estimate of drug-likeness (QED) is 0.599. The number of para-hydroxylation sites is 1. The van der Waals surface area contributed by atoms with Crippen LogP contribution in [-0.2, 0) is 4.79 Å². The van der Waals surface area contributed by atoms with Gasteiger partial charge in [0.1, 0.15) is 0 Å². The van der Waals surface area contributed by atoms with E-state index in [1.165, 1.54) is 25.1 Å². The molecule has 1 aromatic carbocycles. The van der Waals surface area contributed by atoms with Gasteiger partial charge in [0.2, 0.25) is 5.91 Å². The summed E-state index contributed by atoms with van der Waals surface area (Å²) in [5, 5.41) is 12.6. The number of carbonyl (C=O) groups is 2. The maximum atomic E-state index is 11.5. The lowest BCUT2D eigenvalue weighted by molar-refractivity contribution is -0.385. The van der Waals surface area contributed by atoms with Gasteiger partial charge in [-0.2, -0.15) is 0 Å². The molecule has 0 spiro atoms. The zero-order valence-corrected chi connectivity index (χ0v) is 9.04. The lowest BCUT2D eigenvalue weighted by atomic mass is 9.98. The molecular formula is C10H11N3O4. The van der Waals surface area contributed by atoms with Crippen molar-refractivity contribution in [3.05, 3.63) is 39.9 Å². The molecule has 1 rings (SSSR count). The Labute approximate surface area is 96.8 Å². The average Bonchev–Trinajstić information content (AvgIpc) is 2.27. The Morgan fingerprint density at radius 3 is 2.53 bits per heavy atom. The number of carbonyl (C=O) groups excluding carboxylic acids is 2. The van der Waals surface area contributed by atoms with Gasteiger partial charge in [0.05, 0.1) is 10.8 Å².